The molecule has 0 atom stereocenters. The smallest absolute Gasteiger partial charge is 0.194 e. The molecule has 2 rings (SSSR count). The molecule has 0 radical (unpaired) electrons. The minimum absolute atomic E-state index is 0.0133. The number of Topliss-reactive ketones (excluding diaryl/α,β-unsaturated/α-hetero) is 1. The van der Waals surface area contributed by atoms with Crippen molar-refractivity contribution in [1.82, 2.24) is 0 Å². The summed E-state index contributed by atoms with van der Waals surface area (Å²) >= 11 is 0. The SMILES string of the molecule is N#Cc1cccc(C(=O)CCc2cc(F)c(F)c(F)c2)c1. The van der Waals surface area contributed by atoms with Crippen molar-refractivity contribution in [3.63, 3.8) is 0 Å². The average molecular weight is 289 g/mol. The summed E-state index contributed by atoms with van der Waals surface area (Å²) in [6.07, 6.45) is 0.100. The van der Waals surface area contributed by atoms with Gasteiger partial charge < -0.3 is 0 Å². The summed E-state index contributed by atoms with van der Waals surface area (Å²) in [6, 6.07) is 9.84. The molecule has 0 bridgehead atoms. The van der Waals surface area contributed by atoms with Crippen LogP contribution in [0.15, 0.2) is 36.4 Å². The quantitative estimate of drug-likeness (QED) is 0.634. The maximum Gasteiger partial charge on any atom is 0.194 e. The fourth-order valence-electron chi connectivity index (χ4n) is 1.92. The first-order chi connectivity index (χ1) is 10.0. The first-order valence-corrected chi connectivity index (χ1v) is 6.18. The van der Waals surface area contributed by atoms with E-state index in [2.05, 4.69) is 0 Å². The Hall–Kier alpha value is -2.61. The predicted octanol–water partition coefficient (Wildman–Crippen LogP) is 3.79. The zero-order chi connectivity index (χ0) is 15.4. The number of hydrogen-bond donors (Lipinski definition) is 0. The largest absolute Gasteiger partial charge is 0.294 e. The molecule has 106 valence electrons. The van der Waals surface area contributed by atoms with E-state index in [4.69, 9.17) is 5.26 Å². The van der Waals surface area contributed by atoms with Gasteiger partial charge in [0.05, 0.1) is 11.6 Å². The van der Waals surface area contributed by atoms with Crippen LogP contribution >= 0.6 is 0 Å². The standard InChI is InChI=1S/C16H10F3NO/c17-13-7-10(8-14(18)16(13)19)4-5-15(21)12-3-1-2-11(6-12)9-20/h1-3,6-8H,4-5H2. The van der Waals surface area contributed by atoms with Gasteiger partial charge in [-0.3, -0.25) is 4.79 Å². The lowest BCUT2D eigenvalue weighted by Crippen LogP contribution is -2.03. The molecule has 0 aliphatic heterocycles. The van der Waals surface area contributed by atoms with Crippen LogP contribution in [0, 0.1) is 28.8 Å². The van der Waals surface area contributed by atoms with Crippen molar-refractivity contribution in [2.24, 2.45) is 0 Å². The Morgan fingerprint density at radius 2 is 1.76 bits per heavy atom. The third-order valence-electron chi connectivity index (χ3n) is 3.00. The van der Waals surface area contributed by atoms with Crippen LogP contribution < -0.4 is 0 Å². The second-order valence-electron chi connectivity index (χ2n) is 4.49. The molecule has 0 fully saturated rings. The van der Waals surface area contributed by atoms with E-state index in [1.165, 1.54) is 6.07 Å². The van der Waals surface area contributed by atoms with E-state index < -0.39 is 17.5 Å². The topological polar surface area (TPSA) is 40.9 Å². The lowest BCUT2D eigenvalue weighted by Gasteiger charge is -2.04. The highest BCUT2D eigenvalue weighted by Crippen LogP contribution is 2.16. The number of carbonyl (C=O) groups is 1. The zero-order valence-electron chi connectivity index (χ0n) is 10.9. The van der Waals surface area contributed by atoms with Crippen molar-refractivity contribution < 1.29 is 18.0 Å². The molecule has 0 amide bonds. The van der Waals surface area contributed by atoms with E-state index in [1.54, 1.807) is 18.2 Å². The van der Waals surface area contributed by atoms with E-state index in [1.807, 2.05) is 6.07 Å². The molecule has 0 aliphatic carbocycles. The van der Waals surface area contributed by atoms with Gasteiger partial charge in [0, 0.05) is 12.0 Å². The van der Waals surface area contributed by atoms with E-state index in [-0.39, 0.29) is 24.2 Å². The second kappa shape index (κ2) is 6.23. The van der Waals surface area contributed by atoms with E-state index in [0.717, 1.165) is 12.1 Å². The van der Waals surface area contributed by atoms with Crippen LogP contribution in [-0.4, -0.2) is 5.78 Å². The summed E-state index contributed by atoms with van der Waals surface area (Å²) in [7, 11) is 0. The fourth-order valence-corrected chi connectivity index (χ4v) is 1.92. The van der Waals surface area contributed by atoms with Gasteiger partial charge in [0.15, 0.2) is 23.2 Å². The number of aryl methyl sites for hydroxylation is 1. The third kappa shape index (κ3) is 3.48. The van der Waals surface area contributed by atoms with Crippen LogP contribution in [0.25, 0.3) is 0 Å². The molecule has 0 saturated carbocycles. The Bertz CT molecular complexity index is 712. The lowest BCUT2D eigenvalue weighted by atomic mass is 10.0. The summed E-state index contributed by atoms with van der Waals surface area (Å²) in [6.45, 7) is 0. The van der Waals surface area contributed by atoms with Crippen LogP contribution in [0.4, 0.5) is 13.2 Å². The van der Waals surface area contributed by atoms with Crippen molar-refractivity contribution >= 4 is 5.78 Å². The molecule has 2 aromatic rings. The molecular formula is C16H10F3NO. The average Bonchev–Trinajstić information content (AvgIpc) is 2.50. The number of halogens is 3. The first kappa shape index (κ1) is 14.8. The summed E-state index contributed by atoms with van der Waals surface area (Å²) < 4.78 is 38.9. The molecule has 5 heteroatoms. The van der Waals surface area contributed by atoms with Gasteiger partial charge in [-0.25, -0.2) is 13.2 Å². The summed E-state index contributed by atoms with van der Waals surface area (Å²) in [5.74, 6) is -4.32. The number of nitriles is 1. The molecule has 0 saturated heterocycles. The molecule has 0 N–H and O–H groups in total. The van der Waals surface area contributed by atoms with Crippen molar-refractivity contribution in [3.8, 4) is 6.07 Å². The molecule has 21 heavy (non-hydrogen) atoms. The van der Waals surface area contributed by atoms with Gasteiger partial charge >= 0.3 is 0 Å². The molecule has 0 spiro atoms. The summed E-state index contributed by atoms with van der Waals surface area (Å²) in [4.78, 5) is 12.0. The molecule has 0 unspecified atom stereocenters. The summed E-state index contributed by atoms with van der Waals surface area (Å²) in [5.41, 5.74) is 0.924. The second-order valence-corrected chi connectivity index (χ2v) is 4.49. The van der Waals surface area contributed by atoms with Gasteiger partial charge in [-0.2, -0.15) is 5.26 Å². The highest BCUT2D eigenvalue weighted by atomic mass is 19.2. The number of rotatable bonds is 4. The van der Waals surface area contributed by atoms with Gasteiger partial charge in [-0.05, 0) is 36.2 Å². The van der Waals surface area contributed by atoms with Gasteiger partial charge in [0.25, 0.3) is 0 Å². The molecule has 2 nitrogen and oxygen atoms in total. The minimum Gasteiger partial charge on any atom is -0.294 e. The number of benzene rings is 2. The van der Waals surface area contributed by atoms with Gasteiger partial charge in [0.1, 0.15) is 0 Å². The third-order valence-corrected chi connectivity index (χ3v) is 3.00. The molecule has 0 aliphatic rings. The molecule has 0 aromatic heterocycles. The molecular weight excluding hydrogens is 279 g/mol. The maximum atomic E-state index is 13.1. The Balaban J connectivity index is 2.09. The van der Waals surface area contributed by atoms with Crippen molar-refractivity contribution in [2.75, 3.05) is 0 Å². The highest BCUT2D eigenvalue weighted by molar-refractivity contribution is 5.96. The number of carbonyl (C=O) groups excluding carboxylic acids is 1. The van der Waals surface area contributed by atoms with Crippen LogP contribution in [0.3, 0.4) is 0 Å². The summed E-state index contributed by atoms with van der Waals surface area (Å²) in [5, 5.41) is 8.76. The zero-order valence-corrected chi connectivity index (χ0v) is 10.9. The van der Waals surface area contributed by atoms with Crippen LogP contribution in [0.5, 0.6) is 0 Å². The van der Waals surface area contributed by atoms with Crippen molar-refractivity contribution in [2.45, 2.75) is 12.8 Å². The Labute approximate surface area is 119 Å². The molecule has 0 heterocycles. The predicted molar refractivity (Wildman–Crippen MR) is 70.1 cm³/mol. The minimum atomic E-state index is -1.52. The Kier molecular flexibility index (Phi) is 4.39. The highest BCUT2D eigenvalue weighted by Gasteiger charge is 2.12. The van der Waals surface area contributed by atoms with Gasteiger partial charge in [-0.1, -0.05) is 12.1 Å². The van der Waals surface area contributed by atoms with E-state index in [9.17, 15) is 18.0 Å². The number of ketones is 1. The lowest BCUT2D eigenvalue weighted by molar-refractivity contribution is 0.0982. The fraction of sp³-hybridized carbons (Fsp3) is 0.125. The van der Waals surface area contributed by atoms with E-state index in [0.29, 0.717) is 11.1 Å². The van der Waals surface area contributed by atoms with E-state index >= 15 is 0 Å². The Morgan fingerprint density at radius 1 is 1.10 bits per heavy atom. The van der Waals surface area contributed by atoms with Crippen LogP contribution in [-0.2, 0) is 6.42 Å². The maximum absolute atomic E-state index is 13.1. The number of nitrogens with zero attached hydrogens (tertiary/aromatic N) is 1. The normalized spacial score (nSPS) is 10.2. The number of hydrogen-bond acceptors (Lipinski definition) is 2. The first-order valence-electron chi connectivity index (χ1n) is 6.18. The van der Waals surface area contributed by atoms with Gasteiger partial charge in [-0.15, -0.1) is 0 Å². The Morgan fingerprint density at radius 3 is 2.38 bits per heavy atom. The van der Waals surface area contributed by atoms with Gasteiger partial charge in [0.2, 0.25) is 0 Å². The monoisotopic (exact) mass is 289 g/mol. The van der Waals surface area contributed by atoms with Crippen molar-refractivity contribution in [1.29, 1.82) is 5.26 Å². The van der Waals surface area contributed by atoms with Crippen LogP contribution in [0.1, 0.15) is 27.9 Å². The molecule has 2 aromatic carbocycles. The van der Waals surface area contributed by atoms with Crippen LogP contribution in [0.2, 0.25) is 0 Å². The van der Waals surface area contributed by atoms with Crippen molar-refractivity contribution in [3.05, 3.63) is 70.5 Å².